The van der Waals surface area contributed by atoms with Crippen LogP contribution in [0.15, 0.2) is 24.3 Å². The molecule has 2 heterocycles. The van der Waals surface area contributed by atoms with E-state index in [0.717, 1.165) is 37.4 Å². The molecule has 6 heteroatoms. The fourth-order valence-electron chi connectivity index (χ4n) is 2.92. The molecule has 0 spiro atoms. The van der Waals surface area contributed by atoms with Crippen molar-refractivity contribution in [2.45, 2.75) is 13.3 Å². The molecule has 1 aliphatic heterocycles. The Bertz CT molecular complexity index is 666. The first-order valence-corrected chi connectivity index (χ1v) is 7.60. The monoisotopic (exact) mass is 299 g/mol. The summed E-state index contributed by atoms with van der Waals surface area (Å²) in [7, 11) is 1.95. The highest BCUT2D eigenvalue weighted by Gasteiger charge is 2.26. The van der Waals surface area contributed by atoms with E-state index in [2.05, 4.69) is 20.5 Å². The third-order valence-electron chi connectivity index (χ3n) is 4.03. The van der Waals surface area contributed by atoms with Crippen LogP contribution in [0.3, 0.4) is 0 Å². The number of carbonyl (C=O) groups is 1. The van der Waals surface area contributed by atoms with Crippen molar-refractivity contribution in [2.24, 2.45) is 5.92 Å². The van der Waals surface area contributed by atoms with E-state index in [1.807, 2.05) is 43.1 Å². The van der Waals surface area contributed by atoms with Gasteiger partial charge in [-0.1, -0.05) is 12.1 Å². The average Bonchev–Trinajstić information content (AvgIpc) is 3.16. The Kier molecular flexibility index (Phi) is 4.20. The number of H-pyrrole nitrogens is 1. The van der Waals surface area contributed by atoms with Gasteiger partial charge in [0.25, 0.3) is 5.91 Å². The second-order valence-electron chi connectivity index (χ2n) is 5.79. The van der Waals surface area contributed by atoms with E-state index in [4.69, 9.17) is 0 Å². The lowest BCUT2D eigenvalue weighted by atomic mass is 10.1. The summed E-state index contributed by atoms with van der Waals surface area (Å²) < 4.78 is 0. The maximum atomic E-state index is 12.6. The molecule has 1 aliphatic rings. The van der Waals surface area contributed by atoms with Crippen LogP contribution in [0.5, 0.6) is 0 Å². The number of likely N-dealkylation sites (tertiary alicyclic amines) is 1. The van der Waals surface area contributed by atoms with Crippen molar-refractivity contribution >= 4 is 5.91 Å². The van der Waals surface area contributed by atoms with Crippen LogP contribution in [-0.2, 0) is 0 Å². The van der Waals surface area contributed by atoms with Gasteiger partial charge in [0.1, 0.15) is 5.82 Å². The number of aromatic nitrogens is 3. The highest BCUT2D eigenvalue weighted by Crippen LogP contribution is 2.21. The number of hydrogen-bond donors (Lipinski definition) is 2. The number of nitrogens with one attached hydrogen (secondary N) is 2. The quantitative estimate of drug-likeness (QED) is 0.896. The fourth-order valence-corrected chi connectivity index (χ4v) is 2.92. The zero-order chi connectivity index (χ0) is 15.5. The SMILES string of the molecule is CNCC1CCN(C(=O)c2cccc(-c3n[nH]c(C)n3)c2)C1. The molecule has 116 valence electrons. The van der Waals surface area contributed by atoms with Crippen LogP contribution in [0.2, 0.25) is 0 Å². The molecular formula is C16H21N5O. The van der Waals surface area contributed by atoms with E-state index in [0.29, 0.717) is 17.3 Å². The number of amides is 1. The molecule has 0 bridgehead atoms. The van der Waals surface area contributed by atoms with Crippen molar-refractivity contribution in [1.29, 1.82) is 0 Å². The highest BCUT2D eigenvalue weighted by atomic mass is 16.2. The summed E-state index contributed by atoms with van der Waals surface area (Å²) in [5, 5.41) is 10.2. The first-order chi connectivity index (χ1) is 10.7. The number of aryl methyl sites for hydroxylation is 1. The lowest BCUT2D eigenvalue weighted by Crippen LogP contribution is -2.30. The van der Waals surface area contributed by atoms with Gasteiger partial charge >= 0.3 is 0 Å². The molecule has 1 atom stereocenters. The van der Waals surface area contributed by atoms with Gasteiger partial charge in [-0.15, -0.1) is 0 Å². The molecule has 2 N–H and O–H groups in total. The molecule has 1 saturated heterocycles. The third-order valence-corrected chi connectivity index (χ3v) is 4.03. The lowest BCUT2D eigenvalue weighted by molar-refractivity contribution is 0.0787. The maximum Gasteiger partial charge on any atom is 0.253 e. The number of rotatable bonds is 4. The van der Waals surface area contributed by atoms with Gasteiger partial charge in [0, 0.05) is 24.2 Å². The third kappa shape index (κ3) is 3.01. The van der Waals surface area contributed by atoms with E-state index in [9.17, 15) is 4.79 Å². The fraction of sp³-hybridized carbons (Fsp3) is 0.438. The minimum Gasteiger partial charge on any atom is -0.338 e. The van der Waals surface area contributed by atoms with Gasteiger partial charge in [-0.3, -0.25) is 9.89 Å². The molecule has 0 radical (unpaired) electrons. The molecule has 6 nitrogen and oxygen atoms in total. The predicted molar refractivity (Wildman–Crippen MR) is 84.5 cm³/mol. The van der Waals surface area contributed by atoms with Crippen LogP contribution in [-0.4, -0.2) is 52.7 Å². The van der Waals surface area contributed by atoms with E-state index in [-0.39, 0.29) is 5.91 Å². The standard InChI is InChI=1S/C16H21N5O/c1-11-18-15(20-19-11)13-4-3-5-14(8-13)16(22)21-7-6-12(10-21)9-17-2/h3-5,8,12,17H,6-7,9-10H2,1-2H3,(H,18,19,20). The molecular weight excluding hydrogens is 278 g/mol. The van der Waals surface area contributed by atoms with Crippen LogP contribution in [0.1, 0.15) is 22.6 Å². The van der Waals surface area contributed by atoms with Crippen LogP contribution in [0.25, 0.3) is 11.4 Å². The molecule has 1 unspecified atom stereocenters. The zero-order valence-electron chi connectivity index (χ0n) is 13.0. The van der Waals surface area contributed by atoms with Crippen LogP contribution < -0.4 is 5.32 Å². The predicted octanol–water partition coefficient (Wildman–Crippen LogP) is 1.46. The summed E-state index contributed by atoms with van der Waals surface area (Å²) >= 11 is 0. The van der Waals surface area contributed by atoms with Crippen molar-refractivity contribution in [1.82, 2.24) is 25.4 Å². The molecule has 2 aromatic rings. The van der Waals surface area contributed by atoms with Crippen molar-refractivity contribution in [3.63, 3.8) is 0 Å². The molecule has 1 aromatic carbocycles. The van der Waals surface area contributed by atoms with E-state index in [1.54, 1.807) is 0 Å². The normalized spacial score (nSPS) is 17.9. The number of hydrogen-bond acceptors (Lipinski definition) is 4. The van der Waals surface area contributed by atoms with E-state index >= 15 is 0 Å². The Morgan fingerprint density at radius 1 is 1.50 bits per heavy atom. The van der Waals surface area contributed by atoms with Crippen molar-refractivity contribution < 1.29 is 4.79 Å². The minimum atomic E-state index is 0.0905. The second-order valence-corrected chi connectivity index (χ2v) is 5.79. The van der Waals surface area contributed by atoms with Gasteiger partial charge in [-0.05, 0) is 45.0 Å². The summed E-state index contributed by atoms with van der Waals surface area (Å²) in [4.78, 5) is 18.9. The van der Waals surface area contributed by atoms with Gasteiger partial charge in [0.15, 0.2) is 5.82 Å². The maximum absolute atomic E-state index is 12.6. The van der Waals surface area contributed by atoms with Gasteiger partial charge in [0.05, 0.1) is 0 Å². The van der Waals surface area contributed by atoms with Crippen LogP contribution in [0, 0.1) is 12.8 Å². The number of carbonyl (C=O) groups excluding carboxylic acids is 1. The molecule has 22 heavy (non-hydrogen) atoms. The Morgan fingerprint density at radius 3 is 3.09 bits per heavy atom. The number of aromatic amines is 1. The van der Waals surface area contributed by atoms with Crippen LogP contribution >= 0.6 is 0 Å². The lowest BCUT2D eigenvalue weighted by Gasteiger charge is -2.17. The largest absolute Gasteiger partial charge is 0.338 e. The molecule has 1 aromatic heterocycles. The Balaban J connectivity index is 1.76. The number of nitrogens with zero attached hydrogens (tertiary/aromatic N) is 3. The van der Waals surface area contributed by atoms with Gasteiger partial charge in [0.2, 0.25) is 0 Å². The molecule has 0 saturated carbocycles. The van der Waals surface area contributed by atoms with E-state index < -0.39 is 0 Å². The smallest absolute Gasteiger partial charge is 0.253 e. The Hall–Kier alpha value is -2.21. The Morgan fingerprint density at radius 2 is 2.36 bits per heavy atom. The average molecular weight is 299 g/mol. The summed E-state index contributed by atoms with van der Waals surface area (Å²) in [5.74, 6) is 2.03. The summed E-state index contributed by atoms with van der Waals surface area (Å²) in [6.45, 7) is 4.47. The first-order valence-electron chi connectivity index (χ1n) is 7.60. The van der Waals surface area contributed by atoms with Gasteiger partial charge < -0.3 is 10.2 Å². The van der Waals surface area contributed by atoms with Gasteiger partial charge in [-0.25, -0.2) is 4.98 Å². The van der Waals surface area contributed by atoms with Crippen molar-refractivity contribution in [2.75, 3.05) is 26.7 Å². The molecule has 1 amide bonds. The first kappa shape index (κ1) is 14.7. The topological polar surface area (TPSA) is 73.9 Å². The highest BCUT2D eigenvalue weighted by molar-refractivity contribution is 5.95. The summed E-state index contributed by atoms with van der Waals surface area (Å²) in [6.07, 6.45) is 1.06. The Labute approximate surface area is 129 Å². The number of benzene rings is 1. The molecule has 1 fully saturated rings. The summed E-state index contributed by atoms with van der Waals surface area (Å²) in [5.41, 5.74) is 1.56. The van der Waals surface area contributed by atoms with Crippen molar-refractivity contribution in [3.8, 4) is 11.4 Å². The van der Waals surface area contributed by atoms with Crippen molar-refractivity contribution in [3.05, 3.63) is 35.7 Å². The second kappa shape index (κ2) is 6.27. The van der Waals surface area contributed by atoms with Crippen LogP contribution in [0.4, 0.5) is 0 Å². The van der Waals surface area contributed by atoms with Gasteiger partial charge in [-0.2, -0.15) is 5.10 Å². The van der Waals surface area contributed by atoms with E-state index in [1.165, 1.54) is 0 Å². The summed E-state index contributed by atoms with van der Waals surface area (Å²) in [6, 6.07) is 7.54. The molecule has 3 rings (SSSR count). The zero-order valence-corrected chi connectivity index (χ0v) is 13.0. The molecule has 0 aliphatic carbocycles. The minimum absolute atomic E-state index is 0.0905.